The Kier molecular flexibility index (Phi) is 3.16. The Balaban J connectivity index is 3.74. The van der Waals surface area contributed by atoms with E-state index in [4.69, 9.17) is 5.26 Å². The molecule has 0 amide bonds. The molecule has 0 aliphatic rings. The molecule has 2 N–H and O–H groups in total. The third kappa shape index (κ3) is 2.29. The molecule has 0 bridgehead atoms. The quantitative estimate of drug-likeness (QED) is 0.781. The molecule has 5 nitrogen and oxygen atoms in total. The summed E-state index contributed by atoms with van der Waals surface area (Å²) >= 11 is 0. The smallest absolute Gasteiger partial charge is 0.225 e. The maximum absolute atomic E-state index is 12.7. The van der Waals surface area contributed by atoms with Crippen LogP contribution in [-0.2, 0) is 10.0 Å². The van der Waals surface area contributed by atoms with Crippen molar-refractivity contribution in [1.29, 1.82) is 5.26 Å². The highest BCUT2D eigenvalue weighted by molar-refractivity contribution is 7.89. The highest BCUT2D eigenvalue weighted by atomic mass is 32.2. The number of nitriles is 1. The van der Waals surface area contributed by atoms with Gasteiger partial charge in [-0.2, -0.15) is 9.65 Å². The first kappa shape index (κ1) is 12.4. The van der Waals surface area contributed by atoms with E-state index in [9.17, 15) is 21.6 Å². The Morgan fingerprint density at radius 3 is 2.44 bits per heavy atom. The van der Waals surface area contributed by atoms with Gasteiger partial charge in [-0.15, -0.1) is 0 Å². The van der Waals surface area contributed by atoms with Crippen LogP contribution >= 0.6 is 0 Å². The zero-order chi connectivity index (χ0) is 12.5. The predicted octanol–water partition coefficient (Wildman–Crippen LogP) is 0.677. The molecule has 1 rings (SSSR count). The van der Waals surface area contributed by atoms with Gasteiger partial charge in [-0.05, 0) is 0 Å². The summed E-state index contributed by atoms with van der Waals surface area (Å²) in [5.74, 6) is -1.38. The van der Waals surface area contributed by atoms with Crippen LogP contribution < -0.4 is 5.14 Å². The molecular formula is C7H4F3N3O2S. The molecular weight excluding hydrogens is 247 g/mol. The SMILES string of the molecule is N#Cc1nc(F)cc(C(F)F)c1S(N)(=O)=O. The van der Waals surface area contributed by atoms with E-state index in [1.54, 1.807) is 0 Å². The van der Waals surface area contributed by atoms with Crippen molar-refractivity contribution < 1.29 is 21.6 Å². The van der Waals surface area contributed by atoms with Crippen LogP contribution in [0.4, 0.5) is 13.2 Å². The number of alkyl halides is 2. The van der Waals surface area contributed by atoms with Crippen LogP contribution in [0.5, 0.6) is 0 Å². The number of sulfonamides is 1. The van der Waals surface area contributed by atoms with Crippen molar-refractivity contribution in [3.63, 3.8) is 0 Å². The van der Waals surface area contributed by atoms with Crippen molar-refractivity contribution >= 4 is 10.0 Å². The van der Waals surface area contributed by atoms with Gasteiger partial charge in [0.05, 0.1) is 0 Å². The van der Waals surface area contributed by atoms with Gasteiger partial charge in [-0.3, -0.25) is 0 Å². The molecule has 0 aliphatic heterocycles. The lowest BCUT2D eigenvalue weighted by atomic mass is 10.2. The molecule has 0 unspecified atom stereocenters. The Labute approximate surface area is 88.4 Å². The average Bonchev–Trinajstić information content (AvgIpc) is 2.14. The zero-order valence-electron chi connectivity index (χ0n) is 7.49. The first-order valence-corrected chi connectivity index (χ1v) is 5.23. The maximum atomic E-state index is 12.7. The summed E-state index contributed by atoms with van der Waals surface area (Å²) in [6.07, 6.45) is -3.28. The highest BCUT2D eigenvalue weighted by Gasteiger charge is 2.26. The number of hydrogen-bond acceptors (Lipinski definition) is 4. The molecule has 1 aromatic rings. The predicted molar refractivity (Wildman–Crippen MR) is 45.2 cm³/mol. The summed E-state index contributed by atoms with van der Waals surface area (Å²) in [5, 5.41) is 13.1. The van der Waals surface area contributed by atoms with E-state index in [-0.39, 0.29) is 6.07 Å². The minimum atomic E-state index is -4.57. The second kappa shape index (κ2) is 4.07. The molecule has 0 saturated carbocycles. The number of halogens is 3. The Bertz CT molecular complexity index is 565. The Morgan fingerprint density at radius 1 is 1.50 bits per heavy atom. The molecule has 0 saturated heterocycles. The van der Waals surface area contributed by atoms with Crippen LogP contribution in [0.15, 0.2) is 11.0 Å². The van der Waals surface area contributed by atoms with Gasteiger partial charge in [0.15, 0.2) is 5.69 Å². The van der Waals surface area contributed by atoms with Crippen LogP contribution in [0.25, 0.3) is 0 Å². The fourth-order valence-electron chi connectivity index (χ4n) is 1.06. The summed E-state index contributed by atoms with van der Waals surface area (Å²) in [6, 6.07) is 1.42. The first-order chi connectivity index (χ1) is 7.27. The second-order valence-corrected chi connectivity index (χ2v) is 4.17. The lowest BCUT2D eigenvalue weighted by molar-refractivity contribution is 0.147. The monoisotopic (exact) mass is 251 g/mol. The second-order valence-electron chi connectivity index (χ2n) is 2.67. The number of pyridine rings is 1. The van der Waals surface area contributed by atoms with Gasteiger partial charge in [0.1, 0.15) is 11.0 Å². The summed E-state index contributed by atoms with van der Waals surface area (Å²) in [7, 11) is -4.57. The molecule has 1 heterocycles. The highest BCUT2D eigenvalue weighted by Crippen LogP contribution is 2.27. The Hall–Kier alpha value is -1.66. The van der Waals surface area contributed by atoms with Crippen molar-refractivity contribution in [3.05, 3.63) is 23.3 Å². The number of primary sulfonamides is 1. The number of aromatic nitrogens is 1. The number of rotatable bonds is 2. The van der Waals surface area contributed by atoms with Crippen LogP contribution in [0.3, 0.4) is 0 Å². The van der Waals surface area contributed by atoms with Gasteiger partial charge in [0, 0.05) is 11.6 Å². The maximum Gasteiger partial charge on any atom is 0.265 e. The zero-order valence-corrected chi connectivity index (χ0v) is 8.30. The Morgan fingerprint density at radius 2 is 2.06 bits per heavy atom. The van der Waals surface area contributed by atoms with Crippen molar-refractivity contribution in [3.8, 4) is 6.07 Å². The third-order valence-corrected chi connectivity index (χ3v) is 2.59. The minimum absolute atomic E-state index is 0.227. The molecule has 16 heavy (non-hydrogen) atoms. The molecule has 0 spiro atoms. The molecule has 0 atom stereocenters. The van der Waals surface area contributed by atoms with E-state index in [1.807, 2.05) is 0 Å². The fourth-order valence-corrected chi connectivity index (χ4v) is 1.89. The average molecular weight is 251 g/mol. The van der Waals surface area contributed by atoms with E-state index in [1.165, 1.54) is 6.07 Å². The van der Waals surface area contributed by atoms with Crippen LogP contribution in [0.1, 0.15) is 17.7 Å². The molecule has 1 aromatic heterocycles. The van der Waals surface area contributed by atoms with Gasteiger partial charge < -0.3 is 0 Å². The van der Waals surface area contributed by atoms with Crippen molar-refractivity contribution in [2.24, 2.45) is 5.14 Å². The van der Waals surface area contributed by atoms with E-state index < -0.39 is 38.5 Å². The summed E-state index contributed by atoms with van der Waals surface area (Å²) in [4.78, 5) is 1.73. The van der Waals surface area contributed by atoms with Crippen molar-refractivity contribution in [2.45, 2.75) is 11.3 Å². The van der Waals surface area contributed by atoms with Crippen LogP contribution in [0.2, 0.25) is 0 Å². The normalized spacial score (nSPS) is 11.5. The van der Waals surface area contributed by atoms with Crippen molar-refractivity contribution in [2.75, 3.05) is 0 Å². The first-order valence-electron chi connectivity index (χ1n) is 3.69. The standard InChI is InChI=1S/C7H4F3N3O2S/c8-5-1-3(7(9)10)6(16(12,14)15)4(2-11)13-5/h1,7H,(H2,12,14,15). The lowest BCUT2D eigenvalue weighted by Gasteiger charge is -2.07. The lowest BCUT2D eigenvalue weighted by Crippen LogP contribution is -2.18. The van der Waals surface area contributed by atoms with E-state index in [2.05, 4.69) is 10.1 Å². The molecule has 0 aliphatic carbocycles. The van der Waals surface area contributed by atoms with Crippen LogP contribution in [-0.4, -0.2) is 13.4 Å². The van der Waals surface area contributed by atoms with Gasteiger partial charge in [0.2, 0.25) is 16.0 Å². The molecule has 0 aromatic carbocycles. The molecule has 0 radical (unpaired) electrons. The molecule has 0 fully saturated rings. The van der Waals surface area contributed by atoms with Gasteiger partial charge in [-0.1, -0.05) is 0 Å². The van der Waals surface area contributed by atoms with E-state index >= 15 is 0 Å². The summed E-state index contributed by atoms with van der Waals surface area (Å²) in [6.45, 7) is 0. The summed E-state index contributed by atoms with van der Waals surface area (Å²) < 4.78 is 59.5. The third-order valence-electron chi connectivity index (χ3n) is 1.60. The topological polar surface area (TPSA) is 96.8 Å². The molecule has 86 valence electrons. The van der Waals surface area contributed by atoms with E-state index in [0.717, 1.165) is 0 Å². The van der Waals surface area contributed by atoms with Gasteiger partial charge in [0.25, 0.3) is 6.43 Å². The molecule has 9 heteroatoms. The van der Waals surface area contributed by atoms with Gasteiger partial charge >= 0.3 is 0 Å². The minimum Gasteiger partial charge on any atom is -0.225 e. The fraction of sp³-hybridized carbons (Fsp3) is 0.143. The number of nitrogens with two attached hydrogens (primary N) is 1. The van der Waals surface area contributed by atoms with E-state index in [0.29, 0.717) is 0 Å². The largest absolute Gasteiger partial charge is 0.265 e. The van der Waals surface area contributed by atoms with Gasteiger partial charge in [-0.25, -0.2) is 27.3 Å². The van der Waals surface area contributed by atoms with Crippen molar-refractivity contribution in [1.82, 2.24) is 4.98 Å². The summed E-state index contributed by atoms with van der Waals surface area (Å²) in [5.41, 5.74) is -2.16. The number of nitrogens with zero attached hydrogens (tertiary/aromatic N) is 2. The number of hydrogen-bond donors (Lipinski definition) is 1. The van der Waals surface area contributed by atoms with Crippen LogP contribution in [0, 0.1) is 17.3 Å².